The van der Waals surface area contributed by atoms with E-state index in [-0.39, 0.29) is 12.5 Å². The summed E-state index contributed by atoms with van der Waals surface area (Å²) in [6.07, 6.45) is 7.42. The van der Waals surface area contributed by atoms with Crippen molar-refractivity contribution >= 4 is 16.9 Å². The number of ether oxygens (including phenoxy) is 1. The molecule has 5 heteroatoms. The summed E-state index contributed by atoms with van der Waals surface area (Å²) < 4.78 is 8.18. The van der Waals surface area contributed by atoms with Crippen LogP contribution in [0, 0.1) is 0 Å². The van der Waals surface area contributed by atoms with E-state index in [4.69, 9.17) is 9.84 Å². The number of carboxylic acids is 1. The number of benzene rings is 2. The van der Waals surface area contributed by atoms with Gasteiger partial charge in [0.1, 0.15) is 5.75 Å². The summed E-state index contributed by atoms with van der Waals surface area (Å²) in [5.41, 5.74) is 4.19. The van der Waals surface area contributed by atoms with Crippen molar-refractivity contribution in [3.05, 3.63) is 48.2 Å². The molecule has 3 aromatic rings. The smallest absolute Gasteiger partial charge is 0.303 e. The predicted molar refractivity (Wildman–Crippen MR) is 105 cm³/mol. The van der Waals surface area contributed by atoms with Gasteiger partial charge in [0.15, 0.2) is 0 Å². The van der Waals surface area contributed by atoms with Crippen LogP contribution in [0.15, 0.2) is 42.6 Å². The molecule has 4 rings (SSSR count). The van der Waals surface area contributed by atoms with Gasteiger partial charge in [-0.25, -0.2) is 0 Å². The first-order valence-electron chi connectivity index (χ1n) is 9.53. The summed E-state index contributed by atoms with van der Waals surface area (Å²) in [5.74, 6) is 0.101. The van der Waals surface area contributed by atoms with Gasteiger partial charge in [-0.15, -0.1) is 0 Å². The highest BCUT2D eigenvalue weighted by Gasteiger charge is 2.19. The number of fused-ring (bicyclic) bond motifs is 1. The van der Waals surface area contributed by atoms with E-state index in [2.05, 4.69) is 29.4 Å². The Hall–Kier alpha value is -2.82. The number of carboxylic acid groups (broad SMARTS) is 1. The minimum atomic E-state index is -0.778. The first-order valence-corrected chi connectivity index (χ1v) is 9.53. The zero-order valence-electron chi connectivity index (χ0n) is 15.5. The number of aromatic nitrogens is 2. The number of nitrogens with zero attached hydrogens (tertiary/aromatic N) is 2. The fourth-order valence-electron chi connectivity index (χ4n) is 3.83. The Kier molecular flexibility index (Phi) is 4.84. The van der Waals surface area contributed by atoms with Crippen molar-refractivity contribution in [2.45, 2.75) is 44.6 Å². The van der Waals surface area contributed by atoms with Crippen LogP contribution in [-0.2, 0) is 18.3 Å². The van der Waals surface area contributed by atoms with E-state index in [9.17, 15) is 4.79 Å². The number of aliphatic carboxylic acids is 1. The normalized spacial score (nSPS) is 14.7. The van der Waals surface area contributed by atoms with Crippen molar-refractivity contribution in [2.75, 3.05) is 0 Å². The minimum absolute atomic E-state index is 0.129. The molecule has 0 bridgehead atoms. The molecule has 1 fully saturated rings. The lowest BCUT2D eigenvalue weighted by atomic mass is 9.98. The average Bonchev–Trinajstić information content (AvgIpc) is 3.30. The molecule has 0 saturated heterocycles. The van der Waals surface area contributed by atoms with Crippen LogP contribution in [0.4, 0.5) is 0 Å². The van der Waals surface area contributed by atoms with Crippen molar-refractivity contribution < 1.29 is 14.6 Å². The number of rotatable bonds is 6. The second-order valence-electron chi connectivity index (χ2n) is 7.29. The zero-order chi connectivity index (χ0) is 18.8. The monoisotopic (exact) mass is 364 g/mol. The van der Waals surface area contributed by atoms with Crippen LogP contribution in [-0.4, -0.2) is 27.0 Å². The summed E-state index contributed by atoms with van der Waals surface area (Å²) in [6, 6.07) is 12.3. The van der Waals surface area contributed by atoms with E-state index in [1.54, 1.807) is 0 Å². The minimum Gasteiger partial charge on any atom is -0.490 e. The Morgan fingerprint density at radius 1 is 1.22 bits per heavy atom. The molecule has 1 N–H and O–H groups in total. The second-order valence-corrected chi connectivity index (χ2v) is 7.29. The fraction of sp³-hybridized carbons (Fsp3) is 0.364. The number of hydrogen-bond donors (Lipinski definition) is 1. The van der Waals surface area contributed by atoms with Crippen LogP contribution in [0.5, 0.6) is 5.75 Å². The third-order valence-corrected chi connectivity index (χ3v) is 5.32. The van der Waals surface area contributed by atoms with Crippen molar-refractivity contribution in [2.24, 2.45) is 7.05 Å². The van der Waals surface area contributed by atoms with Gasteiger partial charge in [0.2, 0.25) is 0 Å². The standard InChI is InChI=1S/C22H24N2O3/c1-24-20-9-8-16(13-17(20)14-23-24)19-12-15(7-11-22(25)26)6-10-21(19)27-18-4-2-3-5-18/h6,8-10,12-14,18H,2-5,7,11H2,1H3,(H,25,26). The molecule has 0 atom stereocenters. The first kappa shape index (κ1) is 17.6. The van der Waals surface area contributed by atoms with Crippen LogP contribution in [0.25, 0.3) is 22.0 Å². The summed E-state index contributed by atoms with van der Waals surface area (Å²) in [4.78, 5) is 10.9. The molecule has 0 spiro atoms. The van der Waals surface area contributed by atoms with Crippen LogP contribution in [0.3, 0.4) is 0 Å². The molecule has 2 aromatic carbocycles. The summed E-state index contributed by atoms with van der Waals surface area (Å²) >= 11 is 0. The van der Waals surface area contributed by atoms with Gasteiger partial charge in [-0.3, -0.25) is 9.48 Å². The molecule has 1 aliphatic rings. The van der Waals surface area contributed by atoms with Gasteiger partial charge in [-0.2, -0.15) is 5.10 Å². The van der Waals surface area contributed by atoms with Gasteiger partial charge in [-0.1, -0.05) is 12.1 Å². The van der Waals surface area contributed by atoms with Crippen LogP contribution in [0.1, 0.15) is 37.7 Å². The number of carbonyl (C=O) groups is 1. The van der Waals surface area contributed by atoms with E-state index < -0.39 is 5.97 Å². The maximum absolute atomic E-state index is 10.9. The van der Waals surface area contributed by atoms with Gasteiger partial charge < -0.3 is 9.84 Å². The topological polar surface area (TPSA) is 64.4 Å². The number of aryl methyl sites for hydroxylation is 2. The maximum Gasteiger partial charge on any atom is 0.303 e. The highest BCUT2D eigenvalue weighted by Crippen LogP contribution is 2.35. The van der Waals surface area contributed by atoms with E-state index in [0.29, 0.717) is 6.42 Å². The van der Waals surface area contributed by atoms with Crippen LogP contribution < -0.4 is 4.74 Å². The Morgan fingerprint density at radius 3 is 2.81 bits per heavy atom. The number of hydrogen-bond acceptors (Lipinski definition) is 3. The van der Waals surface area contributed by atoms with E-state index in [1.807, 2.05) is 30.1 Å². The molecule has 1 saturated carbocycles. The average molecular weight is 364 g/mol. The van der Waals surface area contributed by atoms with E-state index >= 15 is 0 Å². The summed E-state index contributed by atoms with van der Waals surface area (Å²) in [7, 11) is 1.93. The third kappa shape index (κ3) is 3.82. The second kappa shape index (κ2) is 7.43. The van der Waals surface area contributed by atoms with Crippen molar-refractivity contribution in [3.63, 3.8) is 0 Å². The molecule has 1 heterocycles. The van der Waals surface area contributed by atoms with Gasteiger partial charge in [0, 0.05) is 24.4 Å². The van der Waals surface area contributed by atoms with Crippen LogP contribution in [0.2, 0.25) is 0 Å². The largest absolute Gasteiger partial charge is 0.490 e. The molecular weight excluding hydrogens is 340 g/mol. The van der Waals surface area contributed by atoms with Crippen molar-refractivity contribution in [1.29, 1.82) is 0 Å². The van der Waals surface area contributed by atoms with E-state index in [0.717, 1.165) is 46.2 Å². The quantitative estimate of drug-likeness (QED) is 0.695. The molecule has 0 amide bonds. The molecule has 27 heavy (non-hydrogen) atoms. The molecule has 5 nitrogen and oxygen atoms in total. The van der Waals surface area contributed by atoms with Gasteiger partial charge >= 0.3 is 5.97 Å². The molecular formula is C22H24N2O3. The Balaban J connectivity index is 1.72. The highest BCUT2D eigenvalue weighted by atomic mass is 16.5. The molecule has 1 aliphatic carbocycles. The lowest BCUT2D eigenvalue weighted by Crippen LogP contribution is -2.11. The Morgan fingerprint density at radius 2 is 2.04 bits per heavy atom. The van der Waals surface area contributed by atoms with Crippen molar-refractivity contribution in [3.8, 4) is 16.9 Å². The van der Waals surface area contributed by atoms with Gasteiger partial charge in [-0.05, 0) is 67.5 Å². The summed E-state index contributed by atoms with van der Waals surface area (Å²) in [5, 5.41) is 14.4. The molecule has 140 valence electrons. The first-order chi connectivity index (χ1) is 13.1. The molecule has 1 aromatic heterocycles. The van der Waals surface area contributed by atoms with Crippen molar-refractivity contribution in [1.82, 2.24) is 9.78 Å². The molecule has 0 unspecified atom stereocenters. The lowest BCUT2D eigenvalue weighted by Gasteiger charge is -2.18. The maximum atomic E-state index is 10.9. The van der Waals surface area contributed by atoms with Gasteiger partial charge in [0.05, 0.1) is 17.8 Å². The summed E-state index contributed by atoms with van der Waals surface area (Å²) in [6.45, 7) is 0. The molecule has 0 radical (unpaired) electrons. The zero-order valence-corrected chi connectivity index (χ0v) is 15.5. The Labute approximate surface area is 158 Å². The third-order valence-electron chi connectivity index (χ3n) is 5.32. The highest BCUT2D eigenvalue weighted by molar-refractivity contribution is 5.86. The fourth-order valence-corrected chi connectivity index (χ4v) is 3.83. The van der Waals surface area contributed by atoms with Crippen LogP contribution >= 0.6 is 0 Å². The Bertz CT molecular complexity index is 971. The lowest BCUT2D eigenvalue weighted by molar-refractivity contribution is -0.136. The van der Waals surface area contributed by atoms with Gasteiger partial charge in [0.25, 0.3) is 0 Å². The SMILES string of the molecule is Cn1ncc2cc(-c3cc(CCC(=O)O)ccc3OC3CCCC3)ccc21. The van der Waals surface area contributed by atoms with E-state index in [1.165, 1.54) is 12.8 Å². The predicted octanol–water partition coefficient (Wildman–Crippen LogP) is 4.58. The molecule has 0 aliphatic heterocycles.